The van der Waals surface area contributed by atoms with Crippen LogP contribution in [0.5, 0.6) is 11.5 Å². The zero-order valence-electron chi connectivity index (χ0n) is 17.0. The van der Waals surface area contributed by atoms with Crippen LogP contribution in [0.2, 0.25) is 0 Å². The summed E-state index contributed by atoms with van der Waals surface area (Å²) in [5, 5.41) is 6.39. The van der Waals surface area contributed by atoms with Gasteiger partial charge in [0.05, 0.1) is 25.8 Å². The Morgan fingerprint density at radius 1 is 1.10 bits per heavy atom. The number of amides is 1. The molecule has 0 radical (unpaired) electrons. The van der Waals surface area contributed by atoms with Crippen molar-refractivity contribution in [3.05, 3.63) is 48.6 Å². The average molecular weight is 429 g/mol. The van der Waals surface area contributed by atoms with Crippen molar-refractivity contribution in [2.45, 2.75) is 19.8 Å². The summed E-state index contributed by atoms with van der Waals surface area (Å²) in [6.45, 7) is 2.70. The molecule has 1 N–H and O–H groups in total. The first-order chi connectivity index (χ1) is 15.1. The van der Waals surface area contributed by atoms with Crippen molar-refractivity contribution < 1.29 is 32.7 Å². The van der Waals surface area contributed by atoms with Gasteiger partial charge >= 0.3 is 5.97 Å². The molecule has 0 saturated carbocycles. The van der Waals surface area contributed by atoms with E-state index in [1.54, 1.807) is 24.3 Å². The first-order valence-electron chi connectivity index (χ1n) is 9.78. The molecule has 1 amide bonds. The predicted octanol–water partition coefficient (Wildman–Crippen LogP) is 2.40. The molecule has 0 spiro atoms. The predicted molar refractivity (Wildman–Crippen MR) is 107 cm³/mol. The van der Waals surface area contributed by atoms with E-state index in [9.17, 15) is 9.59 Å². The van der Waals surface area contributed by atoms with Crippen LogP contribution in [0, 0.1) is 0 Å². The number of rotatable bonds is 12. The molecule has 10 heteroatoms. The molecular formula is C21H23N3O7. The maximum Gasteiger partial charge on any atom is 0.306 e. The van der Waals surface area contributed by atoms with Gasteiger partial charge in [-0.25, -0.2) is 0 Å². The lowest BCUT2D eigenvalue weighted by Crippen LogP contribution is -2.32. The highest BCUT2D eigenvalue weighted by molar-refractivity contribution is 5.80. The summed E-state index contributed by atoms with van der Waals surface area (Å²) in [6, 6.07) is 10.6. The summed E-state index contributed by atoms with van der Waals surface area (Å²) >= 11 is 0. The number of carbonyl (C=O) groups is 2. The smallest absolute Gasteiger partial charge is 0.306 e. The number of nitrogens with zero attached hydrogens (tertiary/aromatic N) is 2. The molecule has 0 atom stereocenters. The summed E-state index contributed by atoms with van der Waals surface area (Å²) < 4.78 is 26.0. The molecule has 0 aliphatic rings. The number of esters is 1. The molecule has 2 heterocycles. The van der Waals surface area contributed by atoms with E-state index in [-0.39, 0.29) is 38.5 Å². The van der Waals surface area contributed by atoms with Crippen molar-refractivity contribution in [3.63, 3.8) is 0 Å². The van der Waals surface area contributed by atoms with Gasteiger partial charge in [-0.1, -0.05) is 5.16 Å². The fourth-order valence-electron chi connectivity index (χ4n) is 2.50. The van der Waals surface area contributed by atoms with E-state index in [2.05, 4.69) is 15.5 Å². The van der Waals surface area contributed by atoms with Gasteiger partial charge in [0.2, 0.25) is 11.7 Å². The van der Waals surface area contributed by atoms with Gasteiger partial charge < -0.3 is 28.5 Å². The SMILES string of the molecule is CCOc1ccc(OCCNC(=O)COC(=O)CCc2nc(-c3ccco3)no2)cc1. The van der Waals surface area contributed by atoms with Crippen LogP contribution in [-0.4, -0.2) is 48.4 Å². The normalized spacial score (nSPS) is 10.5. The Balaban J connectivity index is 1.26. The van der Waals surface area contributed by atoms with Gasteiger partial charge in [-0.15, -0.1) is 0 Å². The zero-order chi connectivity index (χ0) is 21.9. The summed E-state index contributed by atoms with van der Waals surface area (Å²) in [6.07, 6.45) is 1.71. The molecule has 2 aromatic heterocycles. The van der Waals surface area contributed by atoms with Gasteiger partial charge in [-0.05, 0) is 43.3 Å². The van der Waals surface area contributed by atoms with Crippen LogP contribution in [0.25, 0.3) is 11.6 Å². The maximum atomic E-state index is 11.8. The van der Waals surface area contributed by atoms with E-state index in [0.717, 1.165) is 5.75 Å². The van der Waals surface area contributed by atoms with Crippen molar-refractivity contribution in [1.29, 1.82) is 0 Å². The minimum atomic E-state index is -0.543. The Hall–Kier alpha value is -3.82. The number of furan rings is 1. The van der Waals surface area contributed by atoms with Crippen LogP contribution in [0.3, 0.4) is 0 Å². The average Bonchev–Trinajstić information content (AvgIpc) is 3.47. The van der Waals surface area contributed by atoms with Gasteiger partial charge in [0.15, 0.2) is 12.4 Å². The Labute approximate surface area is 178 Å². The Bertz CT molecular complexity index is 952. The number of aryl methyl sites for hydroxylation is 1. The molecule has 0 bridgehead atoms. The van der Waals surface area contributed by atoms with Crippen molar-refractivity contribution >= 4 is 11.9 Å². The molecule has 1 aromatic carbocycles. The molecule has 10 nitrogen and oxygen atoms in total. The molecule has 0 saturated heterocycles. The van der Waals surface area contributed by atoms with E-state index in [4.69, 9.17) is 23.2 Å². The highest BCUT2D eigenvalue weighted by atomic mass is 16.5. The van der Waals surface area contributed by atoms with Crippen LogP contribution >= 0.6 is 0 Å². The van der Waals surface area contributed by atoms with E-state index in [1.165, 1.54) is 6.26 Å². The first kappa shape index (κ1) is 21.9. The lowest BCUT2D eigenvalue weighted by atomic mass is 10.3. The van der Waals surface area contributed by atoms with Crippen LogP contribution in [-0.2, 0) is 20.7 Å². The molecule has 0 aliphatic heterocycles. The largest absolute Gasteiger partial charge is 0.494 e. The van der Waals surface area contributed by atoms with Crippen molar-refractivity contribution in [2.75, 3.05) is 26.4 Å². The second-order valence-corrected chi connectivity index (χ2v) is 6.25. The van der Waals surface area contributed by atoms with Crippen molar-refractivity contribution in [2.24, 2.45) is 0 Å². The quantitative estimate of drug-likeness (QED) is 0.341. The number of ether oxygens (including phenoxy) is 3. The van der Waals surface area contributed by atoms with E-state index in [1.807, 2.05) is 19.1 Å². The lowest BCUT2D eigenvalue weighted by molar-refractivity contribution is -0.148. The van der Waals surface area contributed by atoms with Crippen LogP contribution in [0.4, 0.5) is 0 Å². The Morgan fingerprint density at radius 3 is 2.58 bits per heavy atom. The molecule has 164 valence electrons. The van der Waals surface area contributed by atoms with Crippen molar-refractivity contribution in [1.82, 2.24) is 15.5 Å². The van der Waals surface area contributed by atoms with Gasteiger partial charge in [-0.2, -0.15) is 4.98 Å². The van der Waals surface area contributed by atoms with E-state index in [0.29, 0.717) is 23.9 Å². The highest BCUT2D eigenvalue weighted by Crippen LogP contribution is 2.17. The minimum absolute atomic E-state index is 0.00786. The standard InChI is InChI=1S/C21H23N3O7/c1-2-27-15-5-7-16(8-6-15)28-13-11-22-18(25)14-30-20(26)10-9-19-23-21(24-31-19)17-4-3-12-29-17/h3-8,12H,2,9-11,13-14H2,1H3,(H,22,25). The van der Waals surface area contributed by atoms with Crippen molar-refractivity contribution in [3.8, 4) is 23.1 Å². The second-order valence-electron chi connectivity index (χ2n) is 6.25. The third kappa shape index (κ3) is 7.18. The monoisotopic (exact) mass is 429 g/mol. The molecule has 31 heavy (non-hydrogen) atoms. The molecular weight excluding hydrogens is 406 g/mol. The number of aromatic nitrogens is 2. The van der Waals surface area contributed by atoms with E-state index >= 15 is 0 Å². The molecule has 0 aliphatic carbocycles. The molecule has 3 rings (SSSR count). The maximum absolute atomic E-state index is 11.8. The summed E-state index contributed by atoms with van der Waals surface area (Å²) in [4.78, 5) is 27.7. The second kappa shape index (κ2) is 11.4. The minimum Gasteiger partial charge on any atom is -0.494 e. The number of nitrogens with one attached hydrogen (secondary N) is 1. The van der Waals surface area contributed by atoms with Crippen LogP contribution < -0.4 is 14.8 Å². The molecule has 0 fully saturated rings. The number of carbonyl (C=O) groups excluding carboxylic acids is 2. The number of hydrogen-bond acceptors (Lipinski definition) is 9. The van der Waals surface area contributed by atoms with Gasteiger partial charge in [0.1, 0.15) is 18.1 Å². The summed E-state index contributed by atoms with van der Waals surface area (Å²) in [5.41, 5.74) is 0. The first-order valence-corrected chi connectivity index (χ1v) is 9.78. The number of hydrogen-bond donors (Lipinski definition) is 1. The zero-order valence-corrected chi connectivity index (χ0v) is 17.0. The summed E-state index contributed by atoms with van der Waals surface area (Å²) in [7, 11) is 0. The van der Waals surface area contributed by atoms with Crippen LogP contribution in [0.15, 0.2) is 51.6 Å². The fourth-order valence-corrected chi connectivity index (χ4v) is 2.50. The third-order valence-corrected chi connectivity index (χ3v) is 3.94. The van der Waals surface area contributed by atoms with Gasteiger partial charge in [0, 0.05) is 6.42 Å². The Morgan fingerprint density at radius 2 is 1.87 bits per heavy atom. The van der Waals surface area contributed by atoms with Gasteiger partial charge in [-0.3, -0.25) is 9.59 Å². The summed E-state index contributed by atoms with van der Waals surface area (Å²) in [5.74, 6) is 1.53. The van der Waals surface area contributed by atoms with Gasteiger partial charge in [0.25, 0.3) is 5.91 Å². The Kier molecular flexibility index (Phi) is 8.04. The topological polar surface area (TPSA) is 126 Å². The third-order valence-electron chi connectivity index (χ3n) is 3.94. The number of benzene rings is 1. The molecule has 0 unspecified atom stereocenters. The lowest BCUT2D eigenvalue weighted by Gasteiger charge is -2.09. The molecule has 3 aromatic rings. The van der Waals surface area contributed by atoms with Crippen LogP contribution in [0.1, 0.15) is 19.2 Å². The van der Waals surface area contributed by atoms with E-state index < -0.39 is 11.9 Å². The highest BCUT2D eigenvalue weighted by Gasteiger charge is 2.13. The fraction of sp³-hybridized carbons (Fsp3) is 0.333.